The Kier molecular flexibility index (Phi) is 3.64. The van der Waals surface area contributed by atoms with E-state index >= 15 is 0 Å². The Bertz CT molecular complexity index is 408. The molecular formula is C15H24N2O. The van der Waals surface area contributed by atoms with E-state index in [1.807, 2.05) is 0 Å². The molecular weight excluding hydrogens is 224 g/mol. The highest BCUT2D eigenvalue weighted by molar-refractivity contribution is 5.59. The first-order chi connectivity index (χ1) is 8.43. The average molecular weight is 248 g/mol. The molecule has 0 aliphatic carbocycles. The Morgan fingerprint density at radius 3 is 2.50 bits per heavy atom. The number of nitrogens with zero attached hydrogens (tertiary/aromatic N) is 1. The summed E-state index contributed by atoms with van der Waals surface area (Å²) in [5, 5.41) is 0. The second kappa shape index (κ2) is 4.90. The summed E-state index contributed by atoms with van der Waals surface area (Å²) in [6.07, 6.45) is 0.118. The lowest BCUT2D eigenvalue weighted by Gasteiger charge is -2.44. The topological polar surface area (TPSA) is 38.5 Å². The van der Waals surface area contributed by atoms with Crippen LogP contribution in [0.4, 0.5) is 5.69 Å². The van der Waals surface area contributed by atoms with Crippen LogP contribution in [0.15, 0.2) is 18.2 Å². The van der Waals surface area contributed by atoms with Crippen LogP contribution in [0.3, 0.4) is 0 Å². The molecule has 100 valence electrons. The summed E-state index contributed by atoms with van der Waals surface area (Å²) in [6.45, 7) is 11.0. The Labute approximate surface area is 110 Å². The van der Waals surface area contributed by atoms with Gasteiger partial charge in [-0.25, -0.2) is 0 Å². The lowest BCUT2D eigenvalue weighted by Crippen LogP contribution is -2.55. The third-order valence-corrected chi connectivity index (χ3v) is 3.50. The van der Waals surface area contributed by atoms with Crippen LogP contribution in [0, 0.1) is 13.8 Å². The van der Waals surface area contributed by atoms with Crippen molar-refractivity contribution in [1.29, 1.82) is 0 Å². The zero-order valence-electron chi connectivity index (χ0n) is 11.9. The van der Waals surface area contributed by atoms with E-state index in [1.165, 1.54) is 16.8 Å². The summed E-state index contributed by atoms with van der Waals surface area (Å²) >= 11 is 0. The van der Waals surface area contributed by atoms with Crippen molar-refractivity contribution in [2.75, 3.05) is 24.5 Å². The fourth-order valence-electron chi connectivity index (χ4n) is 2.89. The predicted molar refractivity (Wildman–Crippen MR) is 76.1 cm³/mol. The summed E-state index contributed by atoms with van der Waals surface area (Å²) in [6, 6.07) is 6.45. The normalized spacial score (nSPS) is 23.2. The molecule has 0 spiro atoms. The molecule has 2 rings (SSSR count). The molecule has 0 radical (unpaired) electrons. The van der Waals surface area contributed by atoms with Gasteiger partial charge in [0.2, 0.25) is 0 Å². The van der Waals surface area contributed by atoms with Gasteiger partial charge in [0.25, 0.3) is 0 Å². The molecule has 1 heterocycles. The Hall–Kier alpha value is -1.06. The summed E-state index contributed by atoms with van der Waals surface area (Å²) in [7, 11) is 0. The molecule has 1 saturated heterocycles. The van der Waals surface area contributed by atoms with Crippen LogP contribution in [0.1, 0.15) is 25.0 Å². The van der Waals surface area contributed by atoms with Crippen molar-refractivity contribution in [3.8, 4) is 0 Å². The molecule has 0 aromatic heterocycles. The first kappa shape index (κ1) is 13.4. The van der Waals surface area contributed by atoms with Crippen LogP contribution >= 0.6 is 0 Å². The number of aryl methyl sites for hydroxylation is 2. The molecule has 1 fully saturated rings. The lowest BCUT2D eigenvalue weighted by atomic mass is 10.0. The minimum atomic E-state index is -0.142. The van der Waals surface area contributed by atoms with Crippen LogP contribution in [0.25, 0.3) is 0 Å². The van der Waals surface area contributed by atoms with E-state index < -0.39 is 0 Å². The minimum Gasteiger partial charge on any atom is -0.367 e. The van der Waals surface area contributed by atoms with Gasteiger partial charge >= 0.3 is 0 Å². The smallest absolute Gasteiger partial charge is 0.0879 e. The SMILES string of the molecule is Cc1cccc(C)c1N1CC(CN)OC(C)(C)C1. The number of benzene rings is 1. The Morgan fingerprint density at radius 2 is 1.94 bits per heavy atom. The van der Waals surface area contributed by atoms with Crippen LogP contribution < -0.4 is 10.6 Å². The number of nitrogens with two attached hydrogens (primary N) is 1. The molecule has 1 atom stereocenters. The van der Waals surface area contributed by atoms with E-state index in [0.717, 1.165) is 13.1 Å². The number of hydrogen-bond donors (Lipinski definition) is 1. The van der Waals surface area contributed by atoms with Gasteiger partial charge in [0.15, 0.2) is 0 Å². The average Bonchev–Trinajstić information content (AvgIpc) is 2.26. The molecule has 1 aromatic rings. The maximum absolute atomic E-state index is 5.99. The fraction of sp³-hybridized carbons (Fsp3) is 0.600. The van der Waals surface area contributed by atoms with Crippen molar-refractivity contribution in [3.63, 3.8) is 0 Å². The van der Waals surface area contributed by atoms with Gasteiger partial charge in [-0.15, -0.1) is 0 Å². The zero-order chi connectivity index (χ0) is 13.3. The van der Waals surface area contributed by atoms with E-state index in [1.54, 1.807) is 0 Å². The number of morpholine rings is 1. The first-order valence-corrected chi connectivity index (χ1v) is 6.62. The van der Waals surface area contributed by atoms with Crippen molar-refractivity contribution < 1.29 is 4.74 Å². The van der Waals surface area contributed by atoms with Gasteiger partial charge in [-0.1, -0.05) is 18.2 Å². The lowest BCUT2D eigenvalue weighted by molar-refractivity contribution is -0.0788. The standard InChI is InChI=1S/C15H24N2O/c1-11-6-5-7-12(2)14(11)17-9-13(8-16)18-15(3,4)10-17/h5-7,13H,8-10,16H2,1-4H3. The molecule has 18 heavy (non-hydrogen) atoms. The Morgan fingerprint density at radius 1 is 1.33 bits per heavy atom. The van der Waals surface area contributed by atoms with Crippen molar-refractivity contribution in [2.45, 2.75) is 39.4 Å². The highest BCUT2D eigenvalue weighted by atomic mass is 16.5. The summed E-state index contributed by atoms with van der Waals surface area (Å²) < 4.78 is 5.99. The number of hydrogen-bond acceptors (Lipinski definition) is 3. The van der Waals surface area contributed by atoms with Crippen molar-refractivity contribution in [2.24, 2.45) is 5.73 Å². The number of anilines is 1. The summed E-state index contributed by atoms with van der Waals surface area (Å²) in [5.74, 6) is 0. The van der Waals surface area contributed by atoms with E-state index in [-0.39, 0.29) is 11.7 Å². The van der Waals surface area contributed by atoms with Gasteiger partial charge < -0.3 is 15.4 Å². The predicted octanol–water partition coefficient (Wildman–Crippen LogP) is 2.25. The molecule has 0 saturated carbocycles. The Balaban J connectivity index is 2.32. The second-order valence-electron chi connectivity index (χ2n) is 5.86. The van der Waals surface area contributed by atoms with E-state index in [9.17, 15) is 0 Å². The number of para-hydroxylation sites is 1. The molecule has 3 heteroatoms. The van der Waals surface area contributed by atoms with E-state index in [4.69, 9.17) is 10.5 Å². The van der Waals surface area contributed by atoms with Crippen molar-refractivity contribution in [3.05, 3.63) is 29.3 Å². The maximum atomic E-state index is 5.99. The molecule has 1 aromatic carbocycles. The number of rotatable bonds is 2. The highest BCUT2D eigenvalue weighted by Crippen LogP contribution is 2.30. The summed E-state index contributed by atoms with van der Waals surface area (Å²) in [5.41, 5.74) is 9.63. The molecule has 0 amide bonds. The van der Waals surface area contributed by atoms with Gasteiger partial charge in [0.05, 0.1) is 11.7 Å². The molecule has 1 aliphatic heterocycles. The van der Waals surface area contributed by atoms with Crippen LogP contribution in [-0.4, -0.2) is 31.3 Å². The molecule has 0 bridgehead atoms. The van der Waals surface area contributed by atoms with Crippen molar-refractivity contribution in [1.82, 2.24) is 0 Å². The molecule has 2 N–H and O–H groups in total. The van der Waals surface area contributed by atoms with Crippen LogP contribution in [0.5, 0.6) is 0 Å². The molecule has 1 unspecified atom stereocenters. The highest BCUT2D eigenvalue weighted by Gasteiger charge is 2.33. The zero-order valence-corrected chi connectivity index (χ0v) is 11.9. The monoisotopic (exact) mass is 248 g/mol. The van der Waals surface area contributed by atoms with E-state index in [2.05, 4.69) is 50.8 Å². The molecule has 3 nitrogen and oxygen atoms in total. The number of ether oxygens (including phenoxy) is 1. The van der Waals surface area contributed by atoms with Crippen molar-refractivity contribution >= 4 is 5.69 Å². The second-order valence-corrected chi connectivity index (χ2v) is 5.86. The minimum absolute atomic E-state index is 0.118. The summed E-state index contributed by atoms with van der Waals surface area (Å²) in [4.78, 5) is 2.42. The van der Waals surface area contributed by atoms with Gasteiger partial charge in [0, 0.05) is 25.3 Å². The molecule has 1 aliphatic rings. The van der Waals surface area contributed by atoms with Gasteiger partial charge in [-0.05, 0) is 38.8 Å². The first-order valence-electron chi connectivity index (χ1n) is 6.62. The third kappa shape index (κ3) is 2.68. The quantitative estimate of drug-likeness (QED) is 0.872. The maximum Gasteiger partial charge on any atom is 0.0879 e. The van der Waals surface area contributed by atoms with Crippen LogP contribution in [0.2, 0.25) is 0 Å². The fourth-order valence-corrected chi connectivity index (χ4v) is 2.89. The van der Waals surface area contributed by atoms with Crippen LogP contribution in [-0.2, 0) is 4.74 Å². The van der Waals surface area contributed by atoms with E-state index in [0.29, 0.717) is 6.54 Å². The van der Waals surface area contributed by atoms with Gasteiger partial charge in [-0.3, -0.25) is 0 Å². The largest absolute Gasteiger partial charge is 0.367 e. The van der Waals surface area contributed by atoms with Gasteiger partial charge in [0.1, 0.15) is 0 Å². The van der Waals surface area contributed by atoms with Gasteiger partial charge in [-0.2, -0.15) is 0 Å². The third-order valence-electron chi connectivity index (χ3n) is 3.50.